The maximum absolute atomic E-state index is 12.7. The van der Waals surface area contributed by atoms with Crippen LogP contribution >= 0.6 is 0 Å². The van der Waals surface area contributed by atoms with E-state index in [0.29, 0.717) is 18.0 Å². The zero-order chi connectivity index (χ0) is 21.9. The lowest BCUT2D eigenvalue weighted by molar-refractivity contribution is -0.127. The highest BCUT2D eigenvalue weighted by Gasteiger charge is 2.34. The molecule has 0 aliphatic carbocycles. The van der Waals surface area contributed by atoms with Crippen molar-refractivity contribution >= 4 is 27.3 Å². The van der Waals surface area contributed by atoms with Crippen molar-refractivity contribution in [3.05, 3.63) is 53.6 Å². The predicted octanol–water partition coefficient (Wildman–Crippen LogP) is 2.68. The minimum absolute atomic E-state index is 0.0539. The van der Waals surface area contributed by atoms with Crippen molar-refractivity contribution < 1.29 is 17.9 Å². The average molecular weight is 432 g/mol. The number of amides is 1. The standard InChI is InChI=1S/C22H29N3O4S/c1-5-24(6-2)18-10-8-17(9-11-18)14-23-22(26)21-15-25(30(4,27)28)19-12-7-16(3)13-20(19)29-21/h7-13,21H,5-6,14-15H2,1-4H3,(H,23,26). The maximum atomic E-state index is 12.7. The molecule has 8 heteroatoms. The van der Waals surface area contributed by atoms with Gasteiger partial charge in [0.1, 0.15) is 5.75 Å². The van der Waals surface area contributed by atoms with Gasteiger partial charge in [0, 0.05) is 25.3 Å². The molecule has 0 saturated heterocycles. The summed E-state index contributed by atoms with van der Waals surface area (Å²) < 4.78 is 31.6. The average Bonchev–Trinajstić information content (AvgIpc) is 2.72. The molecule has 0 aromatic heterocycles. The number of ether oxygens (including phenoxy) is 1. The number of nitrogens with one attached hydrogen (secondary N) is 1. The summed E-state index contributed by atoms with van der Waals surface area (Å²) in [5.41, 5.74) is 3.49. The highest BCUT2D eigenvalue weighted by atomic mass is 32.2. The van der Waals surface area contributed by atoms with Crippen molar-refractivity contribution in [3.63, 3.8) is 0 Å². The van der Waals surface area contributed by atoms with E-state index < -0.39 is 16.1 Å². The Morgan fingerprint density at radius 1 is 1.17 bits per heavy atom. The molecule has 162 valence electrons. The van der Waals surface area contributed by atoms with Crippen LogP contribution in [0.3, 0.4) is 0 Å². The van der Waals surface area contributed by atoms with E-state index in [1.54, 1.807) is 12.1 Å². The van der Waals surface area contributed by atoms with Gasteiger partial charge in [-0.2, -0.15) is 0 Å². The molecule has 1 N–H and O–H groups in total. The molecule has 0 spiro atoms. The van der Waals surface area contributed by atoms with Crippen LogP contribution in [-0.2, 0) is 21.4 Å². The number of fused-ring (bicyclic) bond motifs is 1. The van der Waals surface area contributed by atoms with Gasteiger partial charge in [-0.1, -0.05) is 18.2 Å². The Morgan fingerprint density at radius 2 is 1.83 bits per heavy atom. The molecule has 0 bridgehead atoms. The lowest BCUT2D eigenvalue weighted by Gasteiger charge is -2.34. The second-order valence-corrected chi connectivity index (χ2v) is 9.34. The Bertz CT molecular complexity index is 1000. The molecule has 0 radical (unpaired) electrons. The van der Waals surface area contributed by atoms with Gasteiger partial charge in [-0.25, -0.2) is 8.42 Å². The second kappa shape index (κ2) is 8.95. The molecule has 0 saturated carbocycles. The van der Waals surface area contributed by atoms with Crippen LogP contribution in [0.2, 0.25) is 0 Å². The number of hydrogen-bond donors (Lipinski definition) is 1. The van der Waals surface area contributed by atoms with Crippen LogP contribution in [0.15, 0.2) is 42.5 Å². The number of benzene rings is 2. The molecule has 7 nitrogen and oxygen atoms in total. The summed E-state index contributed by atoms with van der Waals surface area (Å²) in [6, 6.07) is 13.3. The summed E-state index contributed by atoms with van der Waals surface area (Å²) in [6.07, 6.45) is 0.220. The highest BCUT2D eigenvalue weighted by Crippen LogP contribution is 2.35. The van der Waals surface area contributed by atoms with Gasteiger partial charge < -0.3 is 15.0 Å². The molecule has 2 aromatic carbocycles. The Labute approximate surface area is 178 Å². The first kappa shape index (κ1) is 22.0. The molecule has 1 aliphatic rings. The molecular formula is C22H29N3O4S. The third-order valence-electron chi connectivity index (χ3n) is 5.21. The summed E-state index contributed by atoms with van der Waals surface area (Å²) >= 11 is 0. The van der Waals surface area contributed by atoms with Crippen LogP contribution < -0.4 is 19.3 Å². The van der Waals surface area contributed by atoms with Gasteiger partial charge in [-0.3, -0.25) is 9.10 Å². The lowest BCUT2D eigenvalue weighted by atomic mass is 10.1. The largest absolute Gasteiger partial charge is 0.476 e. The SMILES string of the molecule is CCN(CC)c1ccc(CNC(=O)C2CN(S(C)(=O)=O)c3ccc(C)cc3O2)cc1. The van der Waals surface area contributed by atoms with E-state index in [1.165, 1.54) is 4.31 Å². The van der Waals surface area contributed by atoms with Gasteiger partial charge in [0.25, 0.3) is 5.91 Å². The Balaban J connectivity index is 1.70. The molecule has 1 aliphatic heterocycles. The summed E-state index contributed by atoms with van der Waals surface area (Å²) in [5, 5.41) is 2.86. The van der Waals surface area contributed by atoms with Gasteiger partial charge in [0.2, 0.25) is 10.0 Å². The molecule has 0 fully saturated rings. The van der Waals surface area contributed by atoms with Gasteiger partial charge in [0.05, 0.1) is 18.5 Å². The molecule has 1 atom stereocenters. The van der Waals surface area contributed by atoms with E-state index in [9.17, 15) is 13.2 Å². The monoisotopic (exact) mass is 431 g/mol. The number of rotatable bonds is 7. The molecule has 1 heterocycles. The van der Waals surface area contributed by atoms with Crippen LogP contribution in [0, 0.1) is 6.92 Å². The Kier molecular flexibility index (Phi) is 6.55. The third-order valence-corrected chi connectivity index (χ3v) is 6.36. The van der Waals surface area contributed by atoms with E-state index in [0.717, 1.165) is 36.2 Å². The van der Waals surface area contributed by atoms with Crippen molar-refractivity contribution in [1.82, 2.24) is 5.32 Å². The van der Waals surface area contributed by atoms with Crippen LogP contribution in [0.4, 0.5) is 11.4 Å². The molecule has 1 unspecified atom stereocenters. The van der Waals surface area contributed by atoms with Crippen molar-refractivity contribution in [2.75, 3.05) is 35.1 Å². The smallest absolute Gasteiger partial charge is 0.263 e. The Morgan fingerprint density at radius 3 is 2.43 bits per heavy atom. The minimum Gasteiger partial charge on any atom is -0.476 e. The van der Waals surface area contributed by atoms with Crippen LogP contribution in [-0.4, -0.2) is 46.3 Å². The fraction of sp³-hybridized carbons (Fsp3) is 0.409. The first-order valence-electron chi connectivity index (χ1n) is 10.1. The number of sulfonamides is 1. The number of nitrogens with zero attached hydrogens (tertiary/aromatic N) is 2. The van der Waals surface area contributed by atoms with Crippen LogP contribution in [0.1, 0.15) is 25.0 Å². The van der Waals surface area contributed by atoms with Gasteiger partial charge >= 0.3 is 0 Å². The number of aryl methyl sites for hydroxylation is 1. The molecular weight excluding hydrogens is 402 g/mol. The Hall–Kier alpha value is -2.74. The maximum Gasteiger partial charge on any atom is 0.263 e. The van der Waals surface area contributed by atoms with Gasteiger partial charge in [-0.05, 0) is 56.2 Å². The summed E-state index contributed by atoms with van der Waals surface area (Å²) in [5.74, 6) is 0.0547. The van der Waals surface area contributed by atoms with Crippen LogP contribution in [0.5, 0.6) is 5.75 Å². The van der Waals surface area contributed by atoms with E-state index in [1.807, 2.05) is 37.3 Å². The summed E-state index contributed by atoms with van der Waals surface area (Å²) in [7, 11) is -3.54. The number of hydrogen-bond acceptors (Lipinski definition) is 5. The van der Waals surface area contributed by atoms with Crippen molar-refractivity contribution in [3.8, 4) is 5.75 Å². The van der Waals surface area contributed by atoms with Crippen LogP contribution in [0.25, 0.3) is 0 Å². The number of anilines is 2. The minimum atomic E-state index is -3.54. The third kappa shape index (κ3) is 4.87. The lowest BCUT2D eigenvalue weighted by Crippen LogP contribution is -2.50. The first-order chi connectivity index (χ1) is 14.2. The molecule has 30 heavy (non-hydrogen) atoms. The summed E-state index contributed by atoms with van der Waals surface area (Å²) in [4.78, 5) is 15.0. The van der Waals surface area contributed by atoms with Crippen molar-refractivity contribution in [1.29, 1.82) is 0 Å². The number of carbonyl (C=O) groups is 1. The zero-order valence-corrected chi connectivity index (χ0v) is 18.7. The van der Waals surface area contributed by atoms with Crippen molar-refractivity contribution in [2.45, 2.75) is 33.4 Å². The summed E-state index contributed by atoms with van der Waals surface area (Å²) in [6.45, 7) is 8.27. The number of carbonyl (C=O) groups excluding carboxylic acids is 1. The van der Waals surface area contributed by atoms with Gasteiger partial charge in [-0.15, -0.1) is 0 Å². The van der Waals surface area contributed by atoms with E-state index >= 15 is 0 Å². The van der Waals surface area contributed by atoms with E-state index in [2.05, 4.69) is 24.1 Å². The second-order valence-electron chi connectivity index (χ2n) is 7.43. The molecule has 3 rings (SSSR count). The first-order valence-corrected chi connectivity index (χ1v) is 11.9. The molecule has 2 aromatic rings. The fourth-order valence-electron chi connectivity index (χ4n) is 3.53. The van der Waals surface area contributed by atoms with Crippen molar-refractivity contribution in [2.24, 2.45) is 0 Å². The predicted molar refractivity (Wildman–Crippen MR) is 120 cm³/mol. The van der Waals surface area contributed by atoms with Gasteiger partial charge in [0.15, 0.2) is 6.10 Å². The quantitative estimate of drug-likeness (QED) is 0.729. The topological polar surface area (TPSA) is 79.0 Å². The van der Waals surface area contributed by atoms with E-state index in [-0.39, 0.29) is 12.5 Å². The fourth-order valence-corrected chi connectivity index (χ4v) is 4.44. The van der Waals surface area contributed by atoms with E-state index in [4.69, 9.17) is 4.74 Å². The highest BCUT2D eigenvalue weighted by molar-refractivity contribution is 7.92. The normalized spacial score (nSPS) is 15.9. The molecule has 1 amide bonds. The zero-order valence-electron chi connectivity index (χ0n) is 17.9.